The summed E-state index contributed by atoms with van der Waals surface area (Å²) in [5.74, 6) is 2.57. The fourth-order valence-corrected chi connectivity index (χ4v) is 5.25. The van der Waals surface area contributed by atoms with Gasteiger partial charge < -0.3 is 4.74 Å². The van der Waals surface area contributed by atoms with E-state index in [0.717, 1.165) is 46.3 Å². The number of fused-ring (bicyclic) bond motifs is 2. The predicted octanol–water partition coefficient (Wildman–Crippen LogP) is 6.07. The van der Waals surface area contributed by atoms with Crippen LogP contribution in [-0.2, 0) is 0 Å². The lowest BCUT2D eigenvalue weighted by Gasteiger charge is -2.37. The smallest absolute Gasteiger partial charge is 0.187 e. The van der Waals surface area contributed by atoms with E-state index in [1.807, 2.05) is 34.9 Å². The van der Waals surface area contributed by atoms with E-state index in [4.69, 9.17) is 9.72 Å². The van der Waals surface area contributed by atoms with Gasteiger partial charge in [-0.3, -0.25) is 4.40 Å². The van der Waals surface area contributed by atoms with Gasteiger partial charge in [-0.15, -0.1) is 10.2 Å². The Morgan fingerprint density at radius 3 is 2.71 bits per heavy atom. The third-order valence-electron chi connectivity index (χ3n) is 7.09. The first-order chi connectivity index (χ1) is 15.3. The number of hydrogen-bond acceptors (Lipinski definition) is 4. The molecule has 158 valence electrons. The third-order valence-corrected chi connectivity index (χ3v) is 7.09. The molecule has 6 rings (SSSR count). The summed E-state index contributed by atoms with van der Waals surface area (Å²) in [5, 5.41) is 9.75. The average molecular weight is 413 g/mol. The molecule has 2 saturated carbocycles. The molecular formula is C26H28N4O. The zero-order chi connectivity index (χ0) is 20.7. The summed E-state index contributed by atoms with van der Waals surface area (Å²) in [6.45, 7) is 0.808. The minimum Gasteiger partial charge on any atom is -0.491 e. The van der Waals surface area contributed by atoms with Gasteiger partial charge in [0.25, 0.3) is 0 Å². The van der Waals surface area contributed by atoms with Gasteiger partial charge in [0.15, 0.2) is 11.5 Å². The molecular weight excluding hydrogens is 384 g/mol. The number of nitrogens with zero attached hydrogens (tertiary/aromatic N) is 4. The predicted molar refractivity (Wildman–Crippen MR) is 122 cm³/mol. The van der Waals surface area contributed by atoms with E-state index in [9.17, 15) is 0 Å². The largest absolute Gasteiger partial charge is 0.491 e. The highest BCUT2D eigenvalue weighted by atomic mass is 16.5. The second-order valence-corrected chi connectivity index (χ2v) is 9.47. The lowest BCUT2D eigenvalue weighted by molar-refractivity contribution is 0.0821. The van der Waals surface area contributed by atoms with Gasteiger partial charge in [0.1, 0.15) is 17.0 Å². The van der Waals surface area contributed by atoms with Gasteiger partial charge in [-0.2, -0.15) is 0 Å². The molecule has 0 saturated heterocycles. The van der Waals surface area contributed by atoms with Crippen molar-refractivity contribution in [1.82, 2.24) is 19.6 Å². The van der Waals surface area contributed by atoms with Gasteiger partial charge in [-0.1, -0.05) is 56.4 Å². The van der Waals surface area contributed by atoms with Crippen molar-refractivity contribution in [3.05, 3.63) is 54.7 Å². The van der Waals surface area contributed by atoms with Gasteiger partial charge in [-0.25, -0.2) is 4.98 Å². The molecule has 0 spiro atoms. The molecule has 4 aromatic rings. The standard InChI is InChI=1S/C26H28N4O/c1-3-14-26(15-4-1,17-19-10-11-19)18-31-22-8-6-7-20-12-13-21(27-24(20)22)25-29-28-23-9-2-5-16-30(23)25/h2,5-9,12-13,16,19H,1,3-4,10-11,14-15,17-18H2. The first kappa shape index (κ1) is 18.8. The number of hydrogen-bond donors (Lipinski definition) is 0. The van der Waals surface area contributed by atoms with Crippen molar-refractivity contribution in [1.29, 1.82) is 0 Å². The van der Waals surface area contributed by atoms with Crippen LogP contribution >= 0.6 is 0 Å². The van der Waals surface area contributed by atoms with E-state index in [0.29, 0.717) is 5.41 Å². The second kappa shape index (κ2) is 7.63. The SMILES string of the molecule is c1cc(OCC2(CC3CC3)CCCCC2)c2nc(-c3nnc4ccccn34)ccc2c1. The molecule has 1 aromatic carbocycles. The molecule has 0 radical (unpaired) electrons. The van der Waals surface area contributed by atoms with Crippen LogP contribution in [0.15, 0.2) is 54.7 Å². The first-order valence-corrected chi connectivity index (χ1v) is 11.6. The summed E-state index contributed by atoms with van der Waals surface area (Å²) in [6, 6.07) is 16.3. The highest BCUT2D eigenvalue weighted by molar-refractivity contribution is 5.86. The molecule has 31 heavy (non-hydrogen) atoms. The Kier molecular flexibility index (Phi) is 4.62. The van der Waals surface area contributed by atoms with E-state index >= 15 is 0 Å². The van der Waals surface area contributed by atoms with Crippen LogP contribution in [0.3, 0.4) is 0 Å². The Hall–Kier alpha value is -2.95. The van der Waals surface area contributed by atoms with E-state index in [-0.39, 0.29) is 0 Å². The van der Waals surface area contributed by atoms with Crippen molar-refractivity contribution >= 4 is 16.6 Å². The van der Waals surface area contributed by atoms with E-state index in [1.165, 1.54) is 51.4 Å². The molecule has 0 aliphatic heterocycles. The van der Waals surface area contributed by atoms with Crippen LogP contribution in [0.2, 0.25) is 0 Å². The molecule has 3 heterocycles. The molecule has 2 aliphatic rings. The number of pyridine rings is 2. The van der Waals surface area contributed by atoms with Gasteiger partial charge >= 0.3 is 0 Å². The van der Waals surface area contributed by atoms with Gasteiger partial charge in [0, 0.05) is 17.0 Å². The van der Waals surface area contributed by atoms with Crippen molar-refractivity contribution in [2.24, 2.45) is 11.3 Å². The van der Waals surface area contributed by atoms with E-state index in [2.05, 4.69) is 34.5 Å². The minimum absolute atomic E-state index is 0.350. The van der Waals surface area contributed by atoms with Crippen molar-refractivity contribution in [2.75, 3.05) is 6.61 Å². The maximum absolute atomic E-state index is 6.55. The number of ether oxygens (including phenoxy) is 1. The normalized spacial score (nSPS) is 18.5. The Bertz CT molecular complexity index is 1220. The van der Waals surface area contributed by atoms with Crippen LogP contribution in [0.5, 0.6) is 5.75 Å². The van der Waals surface area contributed by atoms with E-state index in [1.54, 1.807) is 0 Å². The number of benzene rings is 1. The molecule has 0 amide bonds. The molecule has 2 fully saturated rings. The third kappa shape index (κ3) is 3.67. The molecule has 0 bridgehead atoms. The lowest BCUT2D eigenvalue weighted by atomic mass is 9.71. The van der Waals surface area contributed by atoms with Crippen molar-refractivity contribution in [2.45, 2.75) is 51.4 Å². The van der Waals surface area contributed by atoms with Crippen LogP contribution in [-0.4, -0.2) is 26.2 Å². The topological polar surface area (TPSA) is 52.3 Å². The maximum atomic E-state index is 6.55. The summed E-state index contributed by atoms with van der Waals surface area (Å²) < 4.78 is 8.52. The monoisotopic (exact) mass is 412 g/mol. The van der Waals surface area contributed by atoms with Crippen LogP contribution in [0, 0.1) is 11.3 Å². The highest BCUT2D eigenvalue weighted by Gasteiger charge is 2.38. The van der Waals surface area contributed by atoms with Crippen molar-refractivity contribution in [3.8, 4) is 17.3 Å². The number of rotatable bonds is 6. The second-order valence-electron chi connectivity index (χ2n) is 9.47. The Morgan fingerprint density at radius 2 is 1.84 bits per heavy atom. The summed E-state index contributed by atoms with van der Waals surface area (Å²) in [4.78, 5) is 4.98. The average Bonchev–Trinajstić information content (AvgIpc) is 3.52. The summed E-state index contributed by atoms with van der Waals surface area (Å²) in [7, 11) is 0. The first-order valence-electron chi connectivity index (χ1n) is 11.6. The van der Waals surface area contributed by atoms with Crippen LogP contribution in [0.1, 0.15) is 51.4 Å². The van der Waals surface area contributed by atoms with Gasteiger partial charge in [-0.05, 0) is 49.4 Å². The Labute approximate surface area is 182 Å². The van der Waals surface area contributed by atoms with Gasteiger partial charge in [0.2, 0.25) is 0 Å². The molecule has 5 nitrogen and oxygen atoms in total. The minimum atomic E-state index is 0.350. The zero-order valence-corrected chi connectivity index (χ0v) is 17.8. The van der Waals surface area contributed by atoms with Crippen LogP contribution in [0.25, 0.3) is 28.1 Å². The fourth-order valence-electron chi connectivity index (χ4n) is 5.25. The molecule has 0 unspecified atom stereocenters. The summed E-state index contributed by atoms with van der Waals surface area (Å²) in [5.41, 5.74) is 2.89. The number of para-hydroxylation sites is 1. The van der Waals surface area contributed by atoms with Gasteiger partial charge in [0.05, 0.1) is 6.61 Å². The molecule has 0 N–H and O–H groups in total. The molecule has 5 heteroatoms. The highest BCUT2D eigenvalue weighted by Crippen LogP contribution is 2.48. The van der Waals surface area contributed by atoms with Crippen molar-refractivity contribution in [3.63, 3.8) is 0 Å². The van der Waals surface area contributed by atoms with E-state index < -0.39 is 0 Å². The molecule has 2 aliphatic carbocycles. The molecule has 3 aromatic heterocycles. The zero-order valence-electron chi connectivity index (χ0n) is 17.8. The van der Waals surface area contributed by atoms with Crippen molar-refractivity contribution < 1.29 is 4.74 Å². The maximum Gasteiger partial charge on any atom is 0.187 e. The summed E-state index contributed by atoms with van der Waals surface area (Å²) >= 11 is 0. The lowest BCUT2D eigenvalue weighted by Crippen LogP contribution is -2.31. The Morgan fingerprint density at radius 1 is 0.935 bits per heavy atom. The van der Waals surface area contributed by atoms with Crippen LogP contribution in [0.4, 0.5) is 0 Å². The Balaban J connectivity index is 1.33. The quantitative estimate of drug-likeness (QED) is 0.385. The molecule has 0 atom stereocenters. The summed E-state index contributed by atoms with van der Waals surface area (Å²) in [6.07, 6.45) is 12.8. The fraction of sp³-hybridized carbons (Fsp3) is 0.423. The number of aromatic nitrogens is 4. The van der Waals surface area contributed by atoms with Crippen LogP contribution < -0.4 is 4.74 Å².